The monoisotopic (exact) mass is 367 g/mol. The lowest BCUT2D eigenvalue weighted by molar-refractivity contribution is -0.123. The number of para-hydroxylation sites is 2. The lowest BCUT2D eigenvalue weighted by Crippen LogP contribution is -2.31. The van der Waals surface area contributed by atoms with Crippen LogP contribution in [-0.4, -0.2) is 34.4 Å². The first-order valence-electron chi connectivity index (χ1n) is 7.38. The van der Waals surface area contributed by atoms with Gasteiger partial charge in [0, 0.05) is 13.1 Å². The molecule has 0 saturated carbocycles. The van der Waals surface area contributed by atoms with Gasteiger partial charge in [0.15, 0.2) is 11.8 Å². The fourth-order valence-corrected chi connectivity index (χ4v) is 1.89. The summed E-state index contributed by atoms with van der Waals surface area (Å²) < 4.78 is 35.0. The molecule has 10 heteroatoms. The second kappa shape index (κ2) is 8.19. The zero-order chi connectivity index (χ0) is 19.3. The molecule has 0 aliphatic carbocycles. The summed E-state index contributed by atoms with van der Waals surface area (Å²) in [6, 6.07) is 7.89. The molecule has 0 fully saturated rings. The van der Waals surface area contributed by atoms with Gasteiger partial charge in [-0.2, -0.15) is 13.9 Å². The van der Waals surface area contributed by atoms with Crippen LogP contribution in [0.3, 0.4) is 0 Å². The molecule has 1 atom stereocenters. The van der Waals surface area contributed by atoms with E-state index in [2.05, 4.69) is 15.2 Å². The number of carbonyl (C=O) groups is 2. The molecule has 2 rings (SSSR count). The van der Waals surface area contributed by atoms with Crippen LogP contribution in [0.1, 0.15) is 17.4 Å². The molecule has 138 valence electrons. The predicted octanol–water partition coefficient (Wildman–Crippen LogP) is 1.57. The Morgan fingerprint density at radius 3 is 2.54 bits per heavy atom. The van der Waals surface area contributed by atoms with Gasteiger partial charge >= 0.3 is 12.6 Å². The van der Waals surface area contributed by atoms with E-state index in [0.29, 0.717) is 0 Å². The van der Waals surface area contributed by atoms with E-state index >= 15 is 0 Å². The van der Waals surface area contributed by atoms with Gasteiger partial charge in [-0.15, -0.1) is 0 Å². The average molecular weight is 367 g/mol. The van der Waals surface area contributed by atoms with Gasteiger partial charge in [-0.3, -0.25) is 9.59 Å². The molecule has 0 saturated heterocycles. The zero-order valence-electron chi connectivity index (χ0n) is 13.8. The maximum absolute atomic E-state index is 12.4. The number of aryl methyl sites for hydroxylation is 1. The largest absolute Gasteiger partial charge is 0.448 e. The number of nitrogens with one attached hydrogen (secondary N) is 1. The molecule has 2 aromatic rings. The molecular weight excluding hydrogens is 352 g/mol. The molecule has 0 bridgehead atoms. The summed E-state index contributed by atoms with van der Waals surface area (Å²) in [5.41, 5.74) is -0.572. The van der Waals surface area contributed by atoms with Crippen molar-refractivity contribution in [1.82, 2.24) is 9.78 Å². The lowest BCUT2D eigenvalue weighted by atomic mass is 10.2. The molecular formula is C16H15F2N3O5. The van der Waals surface area contributed by atoms with Gasteiger partial charge in [0.2, 0.25) is 0 Å². The molecule has 1 amide bonds. The Labute approximate surface area is 146 Å². The third-order valence-corrected chi connectivity index (χ3v) is 3.18. The second-order valence-electron chi connectivity index (χ2n) is 5.09. The highest BCUT2D eigenvalue weighted by atomic mass is 19.3. The smallest absolute Gasteiger partial charge is 0.387 e. The van der Waals surface area contributed by atoms with Gasteiger partial charge < -0.3 is 14.8 Å². The minimum Gasteiger partial charge on any atom is -0.448 e. The van der Waals surface area contributed by atoms with E-state index in [-0.39, 0.29) is 17.1 Å². The maximum atomic E-state index is 12.4. The highest BCUT2D eigenvalue weighted by Crippen LogP contribution is 2.25. The molecule has 1 N–H and O–H groups in total. The Balaban J connectivity index is 2.05. The number of carbonyl (C=O) groups excluding carboxylic acids is 2. The normalized spacial score (nSPS) is 11.7. The van der Waals surface area contributed by atoms with E-state index in [1.807, 2.05) is 0 Å². The number of hydrogen-bond acceptors (Lipinski definition) is 6. The van der Waals surface area contributed by atoms with Crippen molar-refractivity contribution in [3.05, 3.63) is 52.4 Å². The van der Waals surface area contributed by atoms with Gasteiger partial charge in [-0.05, 0) is 25.1 Å². The minimum atomic E-state index is -3.06. The number of alkyl halides is 2. The fourth-order valence-electron chi connectivity index (χ4n) is 1.89. The summed E-state index contributed by atoms with van der Waals surface area (Å²) in [5, 5.41) is 6.05. The van der Waals surface area contributed by atoms with Crippen molar-refractivity contribution in [3.8, 4) is 5.75 Å². The Kier molecular flexibility index (Phi) is 5.99. The molecule has 0 spiro atoms. The molecule has 0 aliphatic rings. The van der Waals surface area contributed by atoms with Gasteiger partial charge in [0.1, 0.15) is 5.75 Å². The molecule has 0 radical (unpaired) electrons. The lowest BCUT2D eigenvalue weighted by Gasteiger charge is -2.15. The minimum absolute atomic E-state index is 0.000863. The molecule has 1 aromatic carbocycles. The van der Waals surface area contributed by atoms with Gasteiger partial charge in [-0.25, -0.2) is 9.48 Å². The van der Waals surface area contributed by atoms with Crippen LogP contribution in [0.15, 0.2) is 41.2 Å². The van der Waals surface area contributed by atoms with Crippen molar-refractivity contribution >= 4 is 17.6 Å². The second-order valence-corrected chi connectivity index (χ2v) is 5.09. The topological polar surface area (TPSA) is 99.5 Å². The number of aromatic nitrogens is 2. The molecule has 1 heterocycles. The number of benzene rings is 1. The Morgan fingerprint density at radius 2 is 1.88 bits per heavy atom. The highest BCUT2D eigenvalue weighted by molar-refractivity contribution is 5.97. The summed E-state index contributed by atoms with van der Waals surface area (Å²) in [6.45, 7) is -1.76. The number of nitrogens with zero attached hydrogens (tertiary/aromatic N) is 2. The predicted molar refractivity (Wildman–Crippen MR) is 86.1 cm³/mol. The van der Waals surface area contributed by atoms with Crippen LogP contribution in [0.25, 0.3) is 0 Å². The molecule has 26 heavy (non-hydrogen) atoms. The number of hydrogen-bond donors (Lipinski definition) is 1. The van der Waals surface area contributed by atoms with E-state index in [1.165, 1.54) is 44.3 Å². The van der Waals surface area contributed by atoms with Gasteiger partial charge in [0.25, 0.3) is 11.5 Å². The quantitative estimate of drug-likeness (QED) is 0.778. The Morgan fingerprint density at radius 1 is 1.19 bits per heavy atom. The van der Waals surface area contributed by atoms with Crippen molar-refractivity contribution in [2.45, 2.75) is 19.6 Å². The van der Waals surface area contributed by atoms with E-state index in [0.717, 1.165) is 10.7 Å². The van der Waals surface area contributed by atoms with Crippen LogP contribution in [0, 0.1) is 0 Å². The van der Waals surface area contributed by atoms with Crippen LogP contribution in [0.5, 0.6) is 5.75 Å². The number of halogens is 2. The first kappa shape index (κ1) is 19.0. The maximum Gasteiger partial charge on any atom is 0.387 e. The summed E-state index contributed by atoms with van der Waals surface area (Å²) in [4.78, 5) is 35.4. The van der Waals surface area contributed by atoms with Crippen molar-refractivity contribution in [1.29, 1.82) is 0 Å². The van der Waals surface area contributed by atoms with Crippen molar-refractivity contribution in [2.75, 3.05) is 5.32 Å². The fraction of sp³-hybridized carbons (Fsp3) is 0.250. The Hall–Kier alpha value is -3.30. The van der Waals surface area contributed by atoms with E-state index < -0.39 is 30.2 Å². The van der Waals surface area contributed by atoms with Crippen molar-refractivity contribution < 1.29 is 27.8 Å². The first-order chi connectivity index (χ1) is 12.3. The number of anilines is 1. The molecule has 0 aliphatic heterocycles. The standard InChI is InChI=1S/C16H15F2N3O5/c1-9(25-15(24)11-7-8-13(22)21(2)20-11)14(23)19-10-5-3-4-6-12(10)26-16(17)18/h3-9,16H,1-2H3,(H,19,23). The Bertz CT molecular complexity index is 869. The van der Waals surface area contributed by atoms with Crippen LogP contribution in [0.2, 0.25) is 0 Å². The summed E-state index contributed by atoms with van der Waals surface area (Å²) in [7, 11) is 1.36. The zero-order valence-corrected chi connectivity index (χ0v) is 13.8. The molecule has 8 nitrogen and oxygen atoms in total. The molecule has 1 unspecified atom stereocenters. The average Bonchev–Trinajstić information content (AvgIpc) is 2.58. The molecule has 1 aromatic heterocycles. The summed E-state index contributed by atoms with van der Waals surface area (Å²) >= 11 is 0. The van der Waals surface area contributed by atoms with E-state index in [1.54, 1.807) is 0 Å². The van der Waals surface area contributed by atoms with Crippen molar-refractivity contribution in [3.63, 3.8) is 0 Å². The third-order valence-electron chi connectivity index (χ3n) is 3.18. The number of ether oxygens (including phenoxy) is 2. The van der Waals surface area contributed by atoms with Gasteiger partial charge in [0.05, 0.1) is 5.69 Å². The van der Waals surface area contributed by atoms with E-state index in [9.17, 15) is 23.2 Å². The van der Waals surface area contributed by atoms with E-state index in [4.69, 9.17) is 4.74 Å². The van der Waals surface area contributed by atoms with Crippen LogP contribution in [0.4, 0.5) is 14.5 Å². The summed E-state index contributed by atoms with van der Waals surface area (Å²) in [5.74, 6) is -1.90. The van der Waals surface area contributed by atoms with Crippen LogP contribution in [-0.2, 0) is 16.6 Å². The third kappa shape index (κ3) is 4.85. The number of esters is 1. The van der Waals surface area contributed by atoms with Crippen LogP contribution >= 0.6 is 0 Å². The number of rotatable bonds is 6. The first-order valence-corrected chi connectivity index (χ1v) is 7.38. The highest BCUT2D eigenvalue weighted by Gasteiger charge is 2.21. The van der Waals surface area contributed by atoms with Gasteiger partial charge in [-0.1, -0.05) is 12.1 Å². The van der Waals surface area contributed by atoms with Crippen molar-refractivity contribution in [2.24, 2.45) is 7.05 Å². The SMILES string of the molecule is CC(OC(=O)c1ccc(=O)n(C)n1)C(=O)Nc1ccccc1OC(F)F. The summed E-state index contributed by atoms with van der Waals surface area (Å²) in [6.07, 6.45) is -1.25. The number of amides is 1. The van der Waals surface area contributed by atoms with Crippen LogP contribution < -0.4 is 15.6 Å².